The molecule has 1 unspecified atom stereocenters. The molecule has 2 nitrogen and oxygen atoms in total. The van der Waals surface area contributed by atoms with E-state index in [0.717, 1.165) is 29.9 Å². The highest BCUT2D eigenvalue weighted by atomic mass is 79.9. The fourth-order valence-electron chi connectivity index (χ4n) is 3.09. The topological polar surface area (TPSA) is 12.5 Å². The highest BCUT2D eigenvalue weighted by molar-refractivity contribution is 9.10. The average Bonchev–Trinajstić information content (AvgIpc) is 2.97. The van der Waals surface area contributed by atoms with Crippen molar-refractivity contribution in [1.29, 1.82) is 0 Å². The first-order valence-corrected chi connectivity index (χ1v) is 8.15. The Kier molecular flexibility index (Phi) is 4.61. The minimum absolute atomic E-state index is 0.657. The van der Waals surface area contributed by atoms with Gasteiger partial charge in [-0.2, -0.15) is 0 Å². The Labute approximate surface area is 134 Å². The third-order valence-electron chi connectivity index (χ3n) is 4.18. The molecule has 1 saturated heterocycles. The van der Waals surface area contributed by atoms with Gasteiger partial charge >= 0.3 is 0 Å². The molecule has 3 heteroatoms. The van der Waals surface area contributed by atoms with Gasteiger partial charge in [0.2, 0.25) is 0 Å². The lowest BCUT2D eigenvalue weighted by atomic mass is 9.99. The van der Waals surface area contributed by atoms with E-state index >= 15 is 0 Å². The van der Waals surface area contributed by atoms with Crippen molar-refractivity contribution in [2.24, 2.45) is 0 Å². The van der Waals surface area contributed by atoms with Crippen molar-refractivity contribution in [2.45, 2.75) is 18.9 Å². The maximum absolute atomic E-state index is 5.47. The monoisotopic (exact) mass is 345 g/mol. The smallest absolute Gasteiger partial charge is 0.123 e. The van der Waals surface area contributed by atoms with Gasteiger partial charge in [0.25, 0.3) is 0 Å². The standard InChI is InChI=1S/C18H20BrNO/c1-21-18-8-7-17(19)11-16(18)13-20-10-9-15(12-20)14-5-3-2-4-6-14/h2-8,11,15H,9-10,12-13H2,1H3. The van der Waals surface area contributed by atoms with Crippen molar-refractivity contribution in [3.05, 3.63) is 64.1 Å². The van der Waals surface area contributed by atoms with Crippen LogP contribution in [0.3, 0.4) is 0 Å². The van der Waals surface area contributed by atoms with Crippen molar-refractivity contribution >= 4 is 15.9 Å². The second-order valence-electron chi connectivity index (χ2n) is 5.59. The van der Waals surface area contributed by atoms with Gasteiger partial charge in [0.05, 0.1) is 7.11 Å². The SMILES string of the molecule is COc1ccc(Br)cc1CN1CCC(c2ccccc2)C1. The van der Waals surface area contributed by atoms with E-state index in [1.54, 1.807) is 7.11 Å². The Morgan fingerprint density at radius 1 is 1.19 bits per heavy atom. The molecule has 21 heavy (non-hydrogen) atoms. The number of halogens is 1. The summed E-state index contributed by atoms with van der Waals surface area (Å²) in [5.74, 6) is 1.63. The van der Waals surface area contributed by atoms with E-state index in [0.29, 0.717) is 5.92 Å². The molecule has 1 fully saturated rings. The van der Waals surface area contributed by atoms with E-state index in [1.165, 1.54) is 17.5 Å². The first-order valence-electron chi connectivity index (χ1n) is 7.36. The van der Waals surface area contributed by atoms with E-state index in [1.807, 2.05) is 12.1 Å². The van der Waals surface area contributed by atoms with E-state index in [-0.39, 0.29) is 0 Å². The highest BCUT2D eigenvalue weighted by Crippen LogP contribution is 2.30. The third kappa shape index (κ3) is 3.47. The van der Waals surface area contributed by atoms with E-state index < -0.39 is 0 Å². The number of benzene rings is 2. The Morgan fingerprint density at radius 2 is 2.00 bits per heavy atom. The molecule has 1 heterocycles. The molecule has 0 aromatic heterocycles. The van der Waals surface area contributed by atoms with E-state index in [9.17, 15) is 0 Å². The lowest BCUT2D eigenvalue weighted by molar-refractivity contribution is 0.317. The fraction of sp³-hybridized carbons (Fsp3) is 0.333. The maximum atomic E-state index is 5.47. The van der Waals surface area contributed by atoms with Gasteiger partial charge in [0, 0.05) is 23.1 Å². The second kappa shape index (κ2) is 6.63. The van der Waals surface area contributed by atoms with Crippen LogP contribution in [0.5, 0.6) is 5.75 Å². The number of hydrogen-bond acceptors (Lipinski definition) is 2. The lowest BCUT2D eigenvalue weighted by Crippen LogP contribution is -2.20. The molecular formula is C18H20BrNO. The summed E-state index contributed by atoms with van der Waals surface area (Å²) < 4.78 is 6.58. The minimum atomic E-state index is 0.657. The van der Waals surface area contributed by atoms with Gasteiger partial charge in [-0.25, -0.2) is 0 Å². The molecule has 0 bridgehead atoms. The van der Waals surface area contributed by atoms with Crippen LogP contribution in [-0.4, -0.2) is 25.1 Å². The first-order chi connectivity index (χ1) is 10.3. The summed E-state index contributed by atoms with van der Waals surface area (Å²) in [4.78, 5) is 2.52. The molecule has 2 aromatic rings. The van der Waals surface area contributed by atoms with Gasteiger partial charge in [-0.15, -0.1) is 0 Å². The molecule has 0 saturated carbocycles. The van der Waals surface area contributed by atoms with Crippen LogP contribution in [0.15, 0.2) is 53.0 Å². The fourth-order valence-corrected chi connectivity index (χ4v) is 3.49. The van der Waals surface area contributed by atoms with Crippen molar-refractivity contribution in [1.82, 2.24) is 4.90 Å². The van der Waals surface area contributed by atoms with Crippen LogP contribution in [0.1, 0.15) is 23.5 Å². The summed E-state index contributed by atoms with van der Waals surface area (Å²) in [5, 5.41) is 0. The molecule has 2 aromatic carbocycles. The van der Waals surface area contributed by atoms with Crippen molar-refractivity contribution < 1.29 is 4.74 Å². The van der Waals surface area contributed by atoms with Crippen LogP contribution in [0, 0.1) is 0 Å². The Bertz CT molecular complexity index is 599. The molecule has 0 amide bonds. The molecule has 1 aliphatic rings. The molecular weight excluding hydrogens is 326 g/mol. The Hall–Kier alpha value is -1.32. The number of rotatable bonds is 4. The summed E-state index contributed by atoms with van der Waals surface area (Å²) >= 11 is 3.55. The Morgan fingerprint density at radius 3 is 2.76 bits per heavy atom. The van der Waals surface area contributed by atoms with Crippen LogP contribution < -0.4 is 4.74 Å². The van der Waals surface area contributed by atoms with Crippen molar-refractivity contribution in [3.8, 4) is 5.75 Å². The molecule has 0 N–H and O–H groups in total. The average molecular weight is 346 g/mol. The second-order valence-corrected chi connectivity index (χ2v) is 6.50. The predicted molar refractivity (Wildman–Crippen MR) is 89.8 cm³/mol. The molecule has 0 radical (unpaired) electrons. The van der Waals surface area contributed by atoms with Gasteiger partial charge in [-0.3, -0.25) is 4.90 Å². The number of nitrogens with zero attached hydrogens (tertiary/aromatic N) is 1. The van der Waals surface area contributed by atoms with Crippen molar-refractivity contribution in [3.63, 3.8) is 0 Å². The summed E-state index contributed by atoms with van der Waals surface area (Å²) in [6.45, 7) is 3.22. The number of likely N-dealkylation sites (tertiary alicyclic amines) is 1. The zero-order valence-electron chi connectivity index (χ0n) is 12.3. The maximum Gasteiger partial charge on any atom is 0.123 e. The number of ether oxygens (including phenoxy) is 1. The zero-order chi connectivity index (χ0) is 14.7. The summed E-state index contributed by atoms with van der Waals surface area (Å²) in [6, 6.07) is 17.1. The van der Waals surface area contributed by atoms with Gasteiger partial charge in [-0.05, 0) is 42.6 Å². The summed E-state index contributed by atoms with van der Waals surface area (Å²) in [6.07, 6.45) is 1.24. The molecule has 110 valence electrons. The molecule has 1 atom stereocenters. The molecule has 0 spiro atoms. The highest BCUT2D eigenvalue weighted by Gasteiger charge is 2.24. The van der Waals surface area contributed by atoms with Gasteiger partial charge in [0.1, 0.15) is 5.75 Å². The molecule has 0 aliphatic carbocycles. The van der Waals surface area contributed by atoms with Crippen LogP contribution >= 0.6 is 15.9 Å². The summed E-state index contributed by atoms with van der Waals surface area (Å²) in [7, 11) is 1.74. The minimum Gasteiger partial charge on any atom is -0.496 e. The lowest BCUT2D eigenvalue weighted by Gasteiger charge is -2.18. The van der Waals surface area contributed by atoms with Crippen LogP contribution in [0.25, 0.3) is 0 Å². The van der Waals surface area contributed by atoms with Crippen LogP contribution in [0.2, 0.25) is 0 Å². The quantitative estimate of drug-likeness (QED) is 0.811. The zero-order valence-corrected chi connectivity index (χ0v) is 13.8. The van der Waals surface area contributed by atoms with E-state index in [4.69, 9.17) is 4.74 Å². The van der Waals surface area contributed by atoms with Gasteiger partial charge in [0.15, 0.2) is 0 Å². The molecule has 3 rings (SSSR count). The van der Waals surface area contributed by atoms with Gasteiger partial charge < -0.3 is 4.74 Å². The van der Waals surface area contributed by atoms with Crippen LogP contribution in [0.4, 0.5) is 0 Å². The summed E-state index contributed by atoms with van der Waals surface area (Å²) in [5.41, 5.74) is 2.71. The predicted octanol–water partition coefficient (Wildman–Crippen LogP) is 4.45. The first kappa shape index (κ1) is 14.6. The number of methoxy groups -OCH3 is 1. The number of hydrogen-bond donors (Lipinski definition) is 0. The van der Waals surface area contributed by atoms with Crippen molar-refractivity contribution in [2.75, 3.05) is 20.2 Å². The largest absolute Gasteiger partial charge is 0.496 e. The third-order valence-corrected chi connectivity index (χ3v) is 4.67. The molecule has 1 aliphatic heterocycles. The van der Waals surface area contributed by atoms with Gasteiger partial charge in [-0.1, -0.05) is 46.3 Å². The van der Waals surface area contributed by atoms with E-state index in [2.05, 4.69) is 57.2 Å². The Balaban J connectivity index is 1.69. The normalized spacial score (nSPS) is 18.9. The van der Waals surface area contributed by atoms with Crippen LogP contribution in [-0.2, 0) is 6.54 Å².